The number of ether oxygens (including phenoxy) is 1. The van der Waals surface area contributed by atoms with Crippen LogP contribution in [0, 0.1) is 0 Å². The second kappa shape index (κ2) is 7.61. The number of carbonyl (C=O) groups is 1. The van der Waals surface area contributed by atoms with Crippen LogP contribution in [0.3, 0.4) is 0 Å². The summed E-state index contributed by atoms with van der Waals surface area (Å²) in [6.45, 7) is 4.85. The molecule has 2 aromatic rings. The topological polar surface area (TPSA) is 82.2 Å². The van der Waals surface area contributed by atoms with E-state index in [1.807, 2.05) is 41.2 Å². The number of benzene rings is 1. The van der Waals surface area contributed by atoms with Gasteiger partial charge in [-0.3, -0.25) is 9.48 Å². The van der Waals surface area contributed by atoms with Crippen LogP contribution in [0.2, 0.25) is 0 Å². The van der Waals surface area contributed by atoms with E-state index in [2.05, 4.69) is 24.3 Å². The summed E-state index contributed by atoms with van der Waals surface area (Å²) in [7, 11) is 0. The van der Waals surface area contributed by atoms with Crippen molar-refractivity contribution in [2.24, 2.45) is 5.73 Å². The fourth-order valence-electron chi connectivity index (χ4n) is 2.10. The number of carbonyl (C=O) groups excluding carboxylic acids is 1. The van der Waals surface area contributed by atoms with Crippen LogP contribution in [0.25, 0.3) is 0 Å². The average Bonchev–Trinajstić information content (AvgIpc) is 3.04. The van der Waals surface area contributed by atoms with Gasteiger partial charge in [0, 0.05) is 25.0 Å². The van der Waals surface area contributed by atoms with Crippen LogP contribution >= 0.6 is 0 Å². The zero-order valence-corrected chi connectivity index (χ0v) is 12.9. The molecular formula is C16H22N4O2. The molecule has 6 nitrogen and oxygen atoms in total. The van der Waals surface area contributed by atoms with E-state index < -0.39 is 5.91 Å². The molecule has 0 bridgehead atoms. The Morgan fingerprint density at radius 3 is 2.91 bits per heavy atom. The van der Waals surface area contributed by atoms with Crippen molar-refractivity contribution in [3.63, 3.8) is 0 Å². The molecule has 3 N–H and O–H groups in total. The minimum atomic E-state index is -0.481. The Morgan fingerprint density at radius 2 is 2.23 bits per heavy atom. The van der Waals surface area contributed by atoms with Crippen LogP contribution < -0.4 is 15.8 Å². The first-order valence-corrected chi connectivity index (χ1v) is 7.29. The van der Waals surface area contributed by atoms with E-state index in [0.29, 0.717) is 12.3 Å². The lowest BCUT2D eigenvalue weighted by Crippen LogP contribution is -2.33. The molecule has 0 aliphatic rings. The lowest BCUT2D eigenvalue weighted by molar-refractivity contribution is -0.119. The van der Waals surface area contributed by atoms with Crippen LogP contribution in [-0.4, -0.2) is 28.3 Å². The van der Waals surface area contributed by atoms with Gasteiger partial charge in [-0.2, -0.15) is 5.10 Å². The molecule has 0 aliphatic heterocycles. The maximum absolute atomic E-state index is 10.7. The van der Waals surface area contributed by atoms with Crippen molar-refractivity contribution >= 4 is 5.91 Å². The van der Waals surface area contributed by atoms with Gasteiger partial charge < -0.3 is 15.8 Å². The van der Waals surface area contributed by atoms with Gasteiger partial charge in [0.1, 0.15) is 5.75 Å². The van der Waals surface area contributed by atoms with E-state index in [0.717, 1.165) is 5.56 Å². The molecule has 2 rings (SSSR count). The Balaban J connectivity index is 1.88. The van der Waals surface area contributed by atoms with Crippen molar-refractivity contribution in [3.8, 4) is 5.75 Å². The fraction of sp³-hybridized carbons (Fsp3) is 0.375. The number of hydrogen-bond donors (Lipinski definition) is 2. The number of aromatic nitrogens is 2. The van der Waals surface area contributed by atoms with Gasteiger partial charge in [0.15, 0.2) is 6.61 Å². The molecule has 0 saturated heterocycles. The summed E-state index contributed by atoms with van der Waals surface area (Å²) in [6, 6.07) is 10.1. The minimum Gasteiger partial charge on any atom is -0.484 e. The van der Waals surface area contributed by atoms with Gasteiger partial charge in [0.25, 0.3) is 5.91 Å². The molecule has 0 spiro atoms. The number of hydrogen-bond acceptors (Lipinski definition) is 4. The molecule has 0 unspecified atom stereocenters. The first kappa shape index (κ1) is 16.0. The molecule has 0 radical (unpaired) electrons. The molecule has 0 fully saturated rings. The molecule has 0 aliphatic carbocycles. The lowest BCUT2D eigenvalue weighted by Gasteiger charge is -2.22. The van der Waals surface area contributed by atoms with Gasteiger partial charge in [0.05, 0.1) is 6.04 Å². The predicted octanol–water partition coefficient (Wildman–Crippen LogP) is 1.49. The van der Waals surface area contributed by atoms with E-state index in [1.165, 1.54) is 0 Å². The van der Waals surface area contributed by atoms with Gasteiger partial charge in [0.2, 0.25) is 0 Å². The van der Waals surface area contributed by atoms with E-state index in [4.69, 9.17) is 10.5 Å². The maximum atomic E-state index is 10.7. The van der Waals surface area contributed by atoms with Crippen LogP contribution in [0.5, 0.6) is 5.75 Å². The van der Waals surface area contributed by atoms with Crippen molar-refractivity contribution < 1.29 is 9.53 Å². The third-order valence-corrected chi connectivity index (χ3v) is 3.57. The van der Waals surface area contributed by atoms with E-state index >= 15 is 0 Å². The second-order valence-electron chi connectivity index (χ2n) is 5.30. The fourth-order valence-corrected chi connectivity index (χ4v) is 2.10. The van der Waals surface area contributed by atoms with Gasteiger partial charge in [-0.25, -0.2) is 0 Å². The highest BCUT2D eigenvalue weighted by Gasteiger charge is 2.13. The Labute approximate surface area is 130 Å². The number of amides is 1. The summed E-state index contributed by atoms with van der Waals surface area (Å²) in [6.07, 6.45) is 3.74. The normalized spacial score (nSPS) is 13.5. The predicted molar refractivity (Wildman–Crippen MR) is 84.4 cm³/mol. The van der Waals surface area contributed by atoms with Crippen molar-refractivity contribution in [1.82, 2.24) is 15.1 Å². The molecule has 1 amide bonds. The standard InChI is InChI=1S/C16H22N4O2/c1-12(13(2)20-8-4-7-19-20)18-10-14-5-3-6-15(9-14)22-11-16(17)21/h3-9,12-13,18H,10-11H2,1-2H3,(H2,17,21)/t12-,13-/m1/s1. The van der Waals surface area contributed by atoms with Crippen LogP contribution in [0.1, 0.15) is 25.5 Å². The summed E-state index contributed by atoms with van der Waals surface area (Å²) in [5.41, 5.74) is 6.16. The SMILES string of the molecule is C[C@H]([C@@H](C)NCc1cccc(OCC(N)=O)c1)n1cccn1. The highest BCUT2D eigenvalue weighted by Crippen LogP contribution is 2.14. The minimum absolute atomic E-state index is 0.108. The molecule has 6 heteroatoms. The number of primary amides is 1. The first-order chi connectivity index (χ1) is 10.6. The van der Waals surface area contributed by atoms with Crippen LogP contribution in [0.4, 0.5) is 0 Å². The molecule has 1 aromatic heterocycles. The Morgan fingerprint density at radius 1 is 1.41 bits per heavy atom. The number of nitrogens with two attached hydrogens (primary N) is 1. The highest BCUT2D eigenvalue weighted by atomic mass is 16.5. The average molecular weight is 302 g/mol. The molecule has 22 heavy (non-hydrogen) atoms. The summed E-state index contributed by atoms with van der Waals surface area (Å²) < 4.78 is 7.24. The third-order valence-electron chi connectivity index (χ3n) is 3.57. The van der Waals surface area contributed by atoms with E-state index in [-0.39, 0.29) is 18.7 Å². The summed E-state index contributed by atoms with van der Waals surface area (Å²) in [5, 5.41) is 7.73. The maximum Gasteiger partial charge on any atom is 0.255 e. The summed E-state index contributed by atoms with van der Waals surface area (Å²) >= 11 is 0. The van der Waals surface area contributed by atoms with Crippen LogP contribution in [-0.2, 0) is 11.3 Å². The lowest BCUT2D eigenvalue weighted by atomic mass is 10.1. The Hall–Kier alpha value is -2.34. The quantitative estimate of drug-likeness (QED) is 0.774. The molecule has 118 valence electrons. The molecular weight excluding hydrogens is 280 g/mol. The van der Waals surface area contributed by atoms with Gasteiger partial charge in [-0.1, -0.05) is 12.1 Å². The first-order valence-electron chi connectivity index (χ1n) is 7.29. The summed E-state index contributed by atoms with van der Waals surface area (Å²) in [5.74, 6) is 0.163. The second-order valence-corrected chi connectivity index (χ2v) is 5.30. The van der Waals surface area contributed by atoms with Crippen molar-refractivity contribution in [1.29, 1.82) is 0 Å². The number of nitrogens with zero attached hydrogens (tertiary/aromatic N) is 2. The molecule has 1 heterocycles. The van der Waals surface area contributed by atoms with Gasteiger partial charge >= 0.3 is 0 Å². The third kappa shape index (κ3) is 4.60. The Kier molecular flexibility index (Phi) is 5.55. The number of rotatable bonds is 8. The summed E-state index contributed by atoms with van der Waals surface area (Å²) in [4.78, 5) is 10.7. The van der Waals surface area contributed by atoms with Gasteiger partial charge in [-0.05, 0) is 37.6 Å². The van der Waals surface area contributed by atoms with Crippen molar-refractivity contribution in [2.75, 3.05) is 6.61 Å². The zero-order chi connectivity index (χ0) is 15.9. The van der Waals surface area contributed by atoms with E-state index in [9.17, 15) is 4.79 Å². The van der Waals surface area contributed by atoms with Crippen LogP contribution in [0.15, 0.2) is 42.7 Å². The molecule has 2 atom stereocenters. The monoisotopic (exact) mass is 302 g/mol. The Bertz CT molecular complexity index is 598. The van der Waals surface area contributed by atoms with E-state index in [1.54, 1.807) is 6.20 Å². The van der Waals surface area contributed by atoms with Crippen molar-refractivity contribution in [3.05, 3.63) is 48.3 Å². The molecule has 1 aromatic carbocycles. The number of nitrogens with one attached hydrogen (secondary N) is 1. The molecule has 0 saturated carbocycles. The smallest absolute Gasteiger partial charge is 0.255 e. The zero-order valence-electron chi connectivity index (χ0n) is 12.9. The largest absolute Gasteiger partial charge is 0.484 e. The highest BCUT2D eigenvalue weighted by molar-refractivity contribution is 5.75. The van der Waals surface area contributed by atoms with Gasteiger partial charge in [-0.15, -0.1) is 0 Å². The van der Waals surface area contributed by atoms with Crippen molar-refractivity contribution in [2.45, 2.75) is 32.5 Å².